The van der Waals surface area contributed by atoms with Crippen LogP contribution in [0.15, 0.2) is 78.9 Å². The molecule has 1 aliphatic heterocycles. The van der Waals surface area contributed by atoms with Gasteiger partial charge in [0, 0.05) is 18.7 Å². The van der Waals surface area contributed by atoms with Crippen LogP contribution in [0.3, 0.4) is 0 Å². The third-order valence-corrected chi connectivity index (χ3v) is 5.21. The van der Waals surface area contributed by atoms with Gasteiger partial charge in [-0.25, -0.2) is 0 Å². The Labute approximate surface area is 172 Å². The molecule has 0 atom stereocenters. The molecule has 0 aromatic heterocycles. The first kappa shape index (κ1) is 19.1. The van der Waals surface area contributed by atoms with Crippen molar-refractivity contribution in [3.8, 4) is 5.75 Å². The Kier molecular flexibility index (Phi) is 6.10. The molecular weight excluding hydrogens is 360 g/mol. The lowest BCUT2D eigenvalue weighted by Crippen LogP contribution is -2.30. The zero-order chi connectivity index (χ0) is 19.9. The molecule has 1 fully saturated rings. The van der Waals surface area contributed by atoms with E-state index in [-0.39, 0.29) is 5.91 Å². The van der Waals surface area contributed by atoms with Crippen molar-refractivity contribution in [1.82, 2.24) is 0 Å². The molecule has 1 N–H and O–H groups in total. The van der Waals surface area contributed by atoms with Gasteiger partial charge in [0.25, 0.3) is 5.91 Å². The first-order valence-electron chi connectivity index (χ1n) is 10.2. The number of nitrogens with zero attached hydrogens (tertiary/aromatic N) is 1. The fourth-order valence-corrected chi connectivity index (χ4v) is 3.63. The van der Waals surface area contributed by atoms with Gasteiger partial charge < -0.3 is 15.0 Å². The van der Waals surface area contributed by atoms with Crippen LogP contribution in [-0.4, -0.2) is 19.0 Å². The van der Waals surface area contributed by atoms with Crippen molar-refractivity contribution in [2.24, 2.45) is 0 Å². The zero-order valence-corrected chi connectivity index (χ0v) is 16.5. The highest BCUT2D eigenvalue weighted by Crippen LogP contribution is 2.28. The molecule has 1 amide bonds. The molecule has 0 bridgehead atoms. The number of carbonyl (C=O) groups is 1. The summed E-state index contributed by atoms with van der Waals surface area (Å²) in [5.74, 6) is 0.642. The molecule has 4 nitrogen and oxygen atoms in total. The maximum absolute atomic E-state index is 12.8. The van der Waals surface area contributed by atoms with E-state index in [0.29, 0.717) is 12.2 Å². The summed E-state index contributed by atoms with van der Waals surface area (Å²) in [5, 5.41) is 3.08. The van der Waals surface area contributed by atoms with Crippen molar-refractivity contribution in [3.05, 3.63) is 90.0 Å². The molecule has 0 unspecified atom stereocenters. The molecule has 3 aromatic carbocycles. The van der Waals surface area contributed by atoms with E-state index in [2.05, 4.69) is 16.3 Å². The van der Waals surface area contributed by atoms with E-state index in [1.54, 1.807) is 12.1 Å². The van der Waals surface area contributed by atoms with Crippen molar-refractivity contribution >= 4 is 17.3 Å². The highest BCUT2D eigenvalue weighted by Gasteiger charge is 2.16. The van der Waals surface area contributed by atoms with Crippen LogP contribution in [0.25, 0.3) is 0 Å². The molecule has 1 aliphatic rings. The van der Waals surface area contributed by atoms with Crippen LogP contribution in [0.5, 0.6) is 5.75 Å². The summed E-state index contributed by atoms with van der Waals surface area (Å²) in [6.45, 7) is 2.59. The summed E-state index contributed by atoms with van der Waals surface area (Å²) < 4.78 is 5.81. The van der Waals surface area contributed by atoms with Gasteiger partial charge in [-0.15, -0.1) is 0 Å². The van der Waals surface area contributed by atoms with E-state index in [1.807, 2.05) is 60.7 Å². The molecule has 4 rings (SSSR count). The van der Waals surface area contributed by atoms with Gasteiger partial charge in [0.2, 0.25) is 0 Å². The molecule has 3 aromatic rings. The number of amides is 1. The first-order chi connectivity index (χ1) is 14.3. The number of piperidine rings is 1. The van der Waals surface area contributed by atoms with Gasteiger partial charge in [-0.1, -0.05) is 42.5 Å². The normalized spacial score (nSPS) is 13.7. The Morgan fingerprint density at radius 2 is 1.52 bits per heavy atom. The number of benzene rings is 3. The second-order valence-electron chi connectivity index (χ2n) is 7.32. The molecule has 148 valence electrons. The molecule has 4 heteroatoms. The van der Waals surface area contributed by atoms with Crippen LogP contribution in [0, 0.1) is 0 Å². The van der Waals surface area contributed by atoms with Crippen LogP contribution in [-0.2, 0) is 6.61 Å². The summed E-state index contributed by atoms with van der Waals surface area (Å²) >= 11 is 0. The maximum atomic E-state index is 12.8. The van der Waals surface area contributed by atoms with Crippen molar-refractivity contribution < 1.29 is 9.53 Å². The summed E-state index contributed by atoms with van der Waals surface area (Å²) in [6.07, 6.45) is 3.68. The van der Waals surface area contributed by atoms with Crippen molar-refractivity contribution in [3.63, 3.8) is 0 Å². The molecule has 29 heavy (non-hydrogen) atoms. The van der Waals surface area contributed by atoms with E-state index in [9.17, 15) is 4.79 Å². The highest BCUT2D eigenvalue weighted by atomic mass is 16.5. The third kappa shape index (κ3) is 4.96. The second kappa shape index (κ2) is 9.28. The topological polar surface area (TPSA) is 41.6 Å². The smallest absolute Gasteiger partial charge is 0.255 e. The van der Waals surface area contributed by atoms with Gasteiger partial charge in [0.15, 0.2) is 0 Å². The molecule has 0 spiro atoms. The average Bonchev–Trinajstić information content (AvgIpc) is 2.80. The predicted octanol–water partition coefficient (Wildman–Crippen LogP) is 5.51. The molecule has 0 aliphatic carbocycles. The Bertz CT molecular complexity index is 933. The van der Waals surface area contributed by atoms with E-state index in [0.717, 1.165) is 35.8 Å². The van der Waals surface area contributed by atoms with Gasteiger partial charge in [0.1, 0.15) is 12.4 Å². The Morgan fingerprint density at radius 3 is 2.28 bits per heavy atom. The maximum Gasteiger partial charge on any atom is 0.255 e. The largest absolute Gasteiger partial charge is 0.489 e. The lowest BCUT2D eigenvalue weighted by molar-refractivity contribution is 0.102. The standard InChI is InChI=1S/C25H26N2O2/c28-25(26-23-11-5-6-12-24(23)27-17-7-2-8-18-27)21-13-15-22(16-14-21)29-19-20-9-3-1-4-10-20/h1,3-6,9-16H,2,7-8,17-19H2,(H,26,28). The lowest BCUT2D eigenvalue weighted by Gasteiger charge is -2.30. The van der Waals surface area contributed by atoms with Gasteiger partial charge in [-0.2, -0.15) is 0 Å². The number of carbonyl (C=O) groups excluding carboxylic acids is 1. The van der Waals surface area contributed by atoms with Crippen molar-refractivity contribution in [1.29, 1.82) is 0 Å². The number of hydrogen-bond donors (Lipinski definition) is 1. The summed E-state index contributed by atoms with van der Waals surface area (Å²) in [6, 6.07) is 25.4. The summed E-state index contributed by atoms with van der Waals surface area (Å²) in [7, 11) is 0. The Balaban J connectivity index is 1.40. The van der Waals surface area contributed by atoms with Crippen LogP contribution in [0.1, 0.15) is 35.2 Å². The van der Waals surface area contributed by atoms with Crippen molar-refractivity contribution in [2.45, 2.75) is 25.9 Å². The number of para-hydroxylation sites is 2. The predicted molar refractivity (Wildman–Crippen MR) is 118 cm³/mol. The van der Waals surface area contributed by atoms with Crippen LogP contribution in [0.4, 0.5) is 11.4 Å². The van der Waals surface area contributed by atoms with Gasteiger partial charge >= 0.3 is 0 Å². The SMILES string of the molecule is O=C(Nc1ccccc1N1CCCCC1)c1ccc(OCc2ccccc2)cc1. The average molecular weight is 386 g/mol. The minimum atomic E-state index is -0.107. The highest BCUT2D eigenvalue weighted by molar-refractivity contribution is 6.06. The molecule has 0 radical (unpaired) electrons. The molecule has 1 heterocycles. The van der Waals surface area contributed by atoms with E-state index in [1.165, 1.54) is 19.3 Å². The second-order valence-corrected chi connectivity index (χ2v) is 7.32. The first-order valence-corrected chi connectivity index (χ1v) is 10.2. The monoisotopic (exact) mass is 386 g/mol. The lowest BCUT2D eigenvalue weighted by atomic mass is 10.1. The van der Waals surface area contributed by atoms with Gasteiger partial charge in [-0.3, -0.25) is 4.79 Å². The number of nitrogens with one attached hydrogen (secondary N) is 1. The summed E-state index contributed by atoms with van der Waals surface area (Å²) in [4.78, 5) is 15.1. The number of hydrogen-bond acceptors (Lipinski definition) is 3. The molecule has 1 saturated heterocycles. The number of ether oxygens (including phenoxy) is 1. The third-order valence-electron chi connectivity index (χ3n) is 5.21. The van der Waals surface area contributed by atoms with Crippen LogP contribution >= 0.6 is 0 Å². The van der Waals surface area contributed by atoms with E-state index >= 15 is 0 Å². The molecule has 0 saturated carbocycles. The number of rotatable bonds is 6. The van der Waals surface area contributed by atoms with Crippen LogP contribution < -0.4 is 15.0 Å². The van der Waals surface area contributed by atoms with Crippen LogP contribution in [0.2, 0.25) is 0 Å². The van der Waals surface area contributed by atoms with E-state index < -0.39 is 0 Å². The fourth-order valence-electron chi connectivity index (χ4n) is 3.63. The number of anilines is 2. The Morgan fingerprint density at radius 1 is 0.828 bits per heavy atom. The minimum absolute atomic E-state index is 0.107. The fraction of sp³-hybridized carbons (Fsp3) is 0.240. The van der Waals surface area contributed by atoms with E-state index in [4.69, 9.17) is 4.74 Å². The van der Waals surface area contributed by atoms with Gasteiger partial charge in [0.05, 0.1) is 11.4 Å². The quantitative estimate of drug-likeness (QED) is 0.607. The zero-order valence-electron chi connectivity index (χ0n) is 16.5. The Hall–Kier alpha value is -3.27. The van der Waals surface area contributed by atoms with Crippen molar-refractivity contribution in [2.75, 3.05) is 23.3 Å². The molecular formula is C25H26N2O2. The summed E-state index contributed by atoms with van der Waals surface area (Å²) in [5.41, 5.74) is 3.70. The van der Waals surface area contributed by atoms with Gasteiger partial charge in [-0.05, 0) is 61.2 Å². The minimum Gasteiger partial charge on any atom is -0.489 e.